The van der Waals surface area contributed by atoms with Gasteiger partial charge in [-0.15, -0.1) is 0 Å². The fourth-order valence-corrected chi connectivity index (χ4v) is 2.62. The molecule has 0 aliphatic carbocycles. The molecule has 0 aliphatic rings. The summed E-state index contributed by atoms with van der Waals surface area (Å²) in [6, 6.07) is 12.6. The first-order chi connectivity index (χ1) is 11.9. The van der Waals surface area contributed by atoms with Crippen molar-refractivity contribution >= 4 is 34.8 Å². The fraction of sp³-hybridized carbons (Fsp3) is 0.263. The molecule has 0 spiro atoms. The minimum Gasteiger partial charge on any atom is -0.495 e. The van der Waals surface area contributed by atoms with Crippen LogP contribution in [0, 0.1) is 6.92 Å². The molecule has 0 bridgehead atoms. The molecule has 2 aromatic rings. The second kappa shape index (κ2) is 8.53. The van der Waals surface area contributed by atoms with Crippen LogP contribution in [0.2, 0.25) is 5.02 Å². The van der Waals surface area contributed by atoms with Crippen molar-refractivity contribution in [3.63, 3.8) is 0 Å². The monoisotopic (exact) mass is 360 g/mol. The molecule has 6 heteroatoms. The van der Waals surface area contributed by atoms with Crippen LogP contribution in [0.5, 0.6) is 5.75 Å². The average molecular weight is 361 g/mol. The smallest absolute Gasteiger partial charge is 0.226 e. The molecule has 2 aromatic carbocycles. The molecule has 0 radical (unpaired) electrons. The summed E-state index contributed by atoms with van der Waals surface area (Å²) in [6.45, 7) is 3.70. The third-order valence-corrected chi connectivity index (χ3v) is 4.02. The molecule has 0 aromatic heterocycles. The Hall–Kier alpha value is -2.53. The second-order valence-electron chi connectivity index (χ2n) is 5.65. The molecule has 25 heavy (non-hydrogen) atoms. The third-order valence-electron chi connectivity index (χ3n) is 3.72. The van der Waals surface area contributed by atoms with Crippen LogP contribution in [0.4, 0.5) is 11.4 Å². The predicted octanol–water partition coefficient (Wildman–Crippen LogP) is 4.04. The molecule has 0 unspecified atom stereocenters. The molecule has 0 saturated carbocycles. The van der Waals surface area contributed by atoms with Gasteiger partial charge in [-0.1, -0.05) is 29.3 Å². The number of hydrogen-bond donors (Lipinski definition) is 1. The minimum absolute atomic E-state index is 0.158. The Labute approximate surface area is 152 Å². The molecule has 2 amide bonds. The molecule has 0 aliphatic heterocycles. The summed E-state index contributed by atoms with van der Waals surface area (Å²) in [5.74, 6) is 0.213. The molecule has 5 nitrogen and oxygen atoms in total. The van der Waals surface area contributed by atoms with Gasteiger partial charge in [-0.05, 0) is 37.3 Å². The number of hydrogen-bond acceptors (Lipinski definition) is 3. The average Bonchev–Trinajstić information content (AvgIpc) is 2.57. The number of aryl methyl sites for hydroxylation is 1. The van der Waals surface area contributed by atoms with E-state index in [2.05, 4.69) is 5.32 Å². The molecule has 0 atom stereocenters. The Bertz CT molecular complexity index is 760. The van der Waals surface area contributed by atoms with Gasteiger partial charge in [0.1, 0.15) is 5.75 Å². The van der Waals surface area contributed by atoms with Gasteiger partial charge >= 0.3 is 0 Å². The number of amides is 2. The van der Waals surface area contributed by atoms with Crippen molar-refractivity contribution in [2.75, 3.05) is 23.9 Å². The quantitative estimate of drug-likeness (QED) is 0.845. The third kappa shape index (κ3) is 5.22. The van der Waals surface area contributed by atoms with Gasteiger partial charge in [0.25, 0.3) is 0 Å². The van der Waals surface area contributed by atoms with Crippen LogP contribution in [0.1, 0.15) is 18.9 Å². The van der Waals surface area contributed by atoms with E-state index in [1.165, 1.54) is 18.9 Å². The summed E-state index contributed by atoms with van der Waals surface area (Å²) in [5.41, 5.74) is 2.48. The topological polar surface area (TPSA) is 58.6 Å². The summed E-state index contributed by atoms with van der Waals surface area (Å²) in [7, 11) is 1.53. The van der Waals surface area contributed by atoms with Gasteiger partial charge in [-0.3, -0.25) is 9.59 Å². The Morgan fingerprint density at radius 1 is 1.16 bits per heavy atom. The van der Waals surface area contributed by atoms with E-state index >= 15 is 0 Å². The number of nitrogens with one attached hydrogen (secondary N) is 1. The highest BCUT2D eigenvalue weighted by Gasteiger charge is 2.15. The number of ether oxygens (including phenoxy) is 1. The lowest BCUT2D eigenvalue weighted by molar-refractivity contribution is -0.117. The highest BCUT2D eigenvalue weighted by atomic mass is 35.5. The summed E-state index contributed by atoms with van der Waals surface area (Å²) in [4.78, 5) is 25.6. The highest BCUT2D eigenvalue weighted by Crippen LogP contribution is 2.29. The molecule has 0 heterocycles. The van der Waals surface area contributed by atoms with Gasteiger partial charge in [0.15, 0.2) is 0 Å². The molecule has 1 N–H and O–H groups in total. The summed E-state index contributed by atoms with van der Waals surface area (Å²) in [5, 5.41) is 3.23. The van der Waals surface area contributed by atoms with Gasteiger partial charge < -0.3 is 15.0 Å². The maximum atomic E-state index is 12.1. The molecule has 0 fully saturated rings. The van der Waals surface area contributed by atoms with Crippen LogP contribution in [-0.4, -0.2) is 25.5 Å². The summed E-state index contributed by atoms with van der Waals surface area (Å²) < 4.78 is 5.11. The molecule has 132 valence electrons. The Balaban J connectivity index is 2.01. The van der Waals surface area contributed by atoms with E-state index in [1.807, 2.05) is 31.2 Å². The van der Waals surface area contributed by atoms with E-state index in [9.17, 15) is 9.59 Å². The first kappa shape index (κ1) is 18.8. The zero-order valence-corrected chi connectivity index (χ0v) is 15.3. The summed E-state index contributed by atoms with van der Waals surface area (Å²) in [6.07, 6.45) is 0.178. The first-order valence-corrected chi connectivity index (χ1v) is 8.26. The SMILES string of the molecule is COc1ccc(N(CCC(=O)Nc2ccc(C)cc2)C(C)=O)cc1Cl. The Kier molecular flexibility index (Phi) is 6.42. The number of nitrogens with zero attached hydrogens (tertiary/aromatic N) is 1. The van der Waals surface area contributed by atoms with Crippen molar-refractivity contribution in [1.82, 2.24) is 0 Å². The van der Waals surface area contributed by atoms with E-state index in [0.29, 0.717) is 16.5 Å². The minimum atomic E-state index is -0.163. The normalized spacial score (nSPS) is 10.2. The predicted molar refractivity (Wildman–Crippen MR) is 100 cm³/mol. The van der Waals surface area contributed by atoms with Gasteiger partial charge in [0.05, 0.1) is 12.1 Å². The Morgan fingerprint density at radius 2 is 1.84 bits per heavy atom. The highest BCUT2D eigenvalue weighted by molar-refractivity contribution is 6.32. The van der Waals surface area contributed by atoms with Gasteiger partial charge in [-0.2, -0.15) is 0 Å². The van der Waals surface area contributed by atoms with Crippen molar-refractivity contribution in [3.05, 3.63) is 53.1 Å². The van der Waals surface area contributed by atoms with Crippen LogP contribution in [-0.2, 0) is 9.59 Å². The van der Waals surface area contributed by atoms with Crippen molar-refractivity contribution in [1.29, 1.82) is 0 Å². The zero-order valence-electron chi connectivity index (χ0n) is 14.5. The fourth-order valence-electron chi connectivity index (χ4n) is 2.37. The lowest BCUT2D eigenvalue weighted by atomic mass is 10.2. The lowest BCUT2D eigenvalue weighted by Gasteiger charge is -2.21. The molecule has 0 saturated heterocycles. The lowest BCUT2D eigenvalue weighted by Crippen LogP contribution is -2.31. The van der Waals surface area contributed by atoms with Gasteiger partial charge in [-0.25, -0.2) is 0 Å². The number of halogens is 1. The maximum Gasteiger partial charge on any atom is 0.226 e. The number of benzene rings is 2. The van der Waals surface area contributed by atoms with Crippen molar-refractivity contribution in [3.8, 4) is 5.75 Å². The van der Waals surface area contributed by atoms with E-state index in [0.717, 1.165) is 11.3 Å². The van der Waals surface area contributed by atoms with E-state index in [-0.39, 0.29) is 24.8 Å². The van der Waals surface area contributed by atoms with Gasteiger partial charge in [0, 0.05) is 31.3 Å². The van der Waals surface area contributed by atoms with E-state index in [1.54, 1.807) is 18.2 Å². The largest absolute Gasteiger partial charge is 0.495 e. The molecular formula is C19H21ClN2O3. The van der Waals surface area contributed by atoms with Crippen molar-refractivity contribution < 1.29 is 14.3 Å². The standard InChI is InChI=1S/C19H21ClN2O3/c1-13-4-6-15(7-5-13)21-19(24)10-11-22(14(2)23)16-8-9-18(25-3)17(20)12-16/h4-9,12H,10-11H2,1-3H3,(H,21,24). The summed E-state index contributed by atoms with van der Waals surface area (Å²) >= 11 is 6.12. The van der Waals surface area contributed by atoms with Crippen molar-refractivity contribution in [2.24, 2.45) is 0 Å². The number of carbonyl (C=O) groups is 2. The van der Waals surface area contributed by atoms with Crippen LogP contribution in [0.25, 0.3) is 0 Å². The van der Waals surface area contributed by atoms with Gasteiger partial charge in [0.2, 0.25) is 11.8 Å². The van der Waals surface area contributed by atoms with Crippen molar-refractivity contribution in [2.45, 2.75) is 20.3 Å². The number of rotatable bonds is 6. The van der Waals surface area contributed by atoms with Crippen LogP contribution in [0.3, 0.4) is 0 Å². The zero-order chi connectivity index (χ0) is 18.4. The van der Waals surface area contributed by atoms with E-state index < -0.39 is 0 Å². The number of anilines is 2. The van der Waals surface area contributed by atoms with Crippen LogP contribution >= 0.6 is 11.6 Å². The molecule has 2 rings (SSSR count). The second-order valence-corrected chi connectivity index (χ2v) is 6.06. The first-order valence-electron chi connectivity index (χ1n) is 7.89. The van der Waals surface area contributed by atoms with Crippen LogP contribution in [0.15, 0.2) is 42.5 Å². The molecular weight excluding hydrogens is 340 g/mol. The van der Waals surface area contributed by atoms with Crippen LogP contribution < -0.4 is 15.0 Å². The number of methoxy groups -OCH3 is 1. The Morgan fingerprint density at radius 3 is 2.40 bits per heavy atom. The number of carbonyl (C=O) groups excluding carboxylic acids is 2. The van der Waals surface area contributed by atoms with E-state index in [4.69, 9.17) is 16.3 Å². The maximum absolute atomic E-state index is 12.1.